The molecule has 8 aromatic carbocycles. The summed E-state index contributed by atoms with van der Waals surface area (Å²) in [4.78, 5) is 10.5. The van der Waals surface area contributed by atoms with Gasteiger partial charge in [-0.15, -0.1) is 0 Å². The SMILES string of the molecule is CC1(C)c2ccccc2-c2c1cc(-c1c3ccccc3c(-c3ccc4ccc5cc(-c6ccccc6)cnc5c4n3)c3ccccc13)c1c2oc2ccccc21. The Bertz CT molecular complexity index is 3390. The topological polar surface area (TPSA) is 38.9 Å². The summed E-state index contributed by atoms with van der Waals surface area (Å²) in [6.07, 6.45) is 1.97. The Morgan fingerprint density at radius 3 is 1.86 bits per heavy atom. The molecule has 262 valence electrons. The third-order valence-corrected chi connectivity index (χ3v) is 12.3. The average molecular weight is 715 g/mol. The fraction of sp³-hybridized carbons (Fsp3) is 0.0566. The van der Waals surface area contributed by atoms with Crippen molar-refractivity contribution in [2.75, 3.05) is 0 Å². The normalized spacial score (nSPS) is 13.3. The Hall–Kier alpha value is -7.10. The molecule has 0 saturated heterocycles. The maximum Gasteiger partial charge on any atom is 0.144 e. The summed E-state index contributed by atoms with van der Waals surface area (Å²) >= 11 is 0. The van der Waals surface area contributed by atoms with Gasteiger partial charge in [-0.25, -0.2) is 4.98 Å². The van der Waals surface area contributed by atoms with Crippen LogP contribution in [0.1, 0.15) is 25.0 Å². The first kappa shape index (κ1) is 31.3. The molecule has 0 unspecified atom stereocenters. The molecular formula is C53H34N2O. The number of furan rings is 1. The molecule has 0 radical (unpaired) electrons. The molecule has 3 aromatic heterocycles. The van der Waals surface area contributed by atoms with Crippen molar-refractivity contribution in [1.82, 2.24) is 9.97 Å². The molecule has 0 amide bonds. The molecule has 0 aliphatic heterocycles. The Morgan fingerprint density at radius 2 is 1.09 bits per heavy atom. The number of aromatic nitrogens is 2. The highest BCUT2D eigenvalue weighted by Crippen LogP contribution is 2.56. The van der Waals surface area contributed by atoms with Gasteiger partial charge in [0.15, 0.2) is 0 Å². The van der Waals surface area contributed by atoms with E-state index in [2.05, 4.69) is 172 Å². The molecule has 3 heterocycles. The van der Waals surface area contributed by atoms with Gasteiger partial charge < -0.3 is 4.42 Å². The monoisotopic (exact) mass is 714 g/mol. The van der Waals surface area contributed by atoms with Gasteiger partial charge in [-0.2, -0.15) is 0 Å². The highest BCUT2D eigenvalue weighted by molar-refractivity contribution is 6.27. The van der Waals surface area contributed by atoms with Crippen LogP contribution in [0.4, 0.5) is 0 Å². The van der Waals surface area contributed by atoms with Gasteiger partial charge in [-0.05, 0) is 79.2 Å². The van der Waals surface area contributed by atoms with E-state index < -0.39 is 0 Å². The molecule has 56 heavy (non-hydrogen) atoms. The molecule has 0 atom stereocenters. The van der Waals surface area contributed by atoms with Crippen molar-refractivity contribution in [3.8, 4) is 44.6 Å². The van der Waals surface area contributed by atoms with Gasteiger partial charge >= 0.3 is 0 Å². The lowest BCUT2D eigenvalue weighted by atomic mass is 9.79. The first-order chi connectivity index (χ1) is 27.5. The predicted molar refractivity (Wildman–Crippen MR) is 233 cm³/mol. The zero-order valence-electron chi connectivity index (χ0n) is 31.0. The zero-order chi connectivity index (χ0) is 37.1. The van der Waals surface area contributed by atoms with E-state index in [-0.39, 0.29) is 5.41 Å². The minimum atomic E-state index is -0.201. The summed E-state index contributed by atoms with van der Waals surface area (Å²) in [5.41, 5.74) is 15.3. The van der Waals surface area contributed by atoms with Crippen LogP contribution < -0.4 is 0 Å². The van der Waals surface area contributed by atoms with E-state index in [9.17, 15) is 0 Å². The van der Waals surface area contributed by atoms with E-state index in [1.165, 1.54) is 44.2 Å². The number of nitrogens with zero attached hydrogens (tertiary/aromatic N) is 2. The van der Waals surface area contributed by atoms with E-state index >= 15 is 0 Å². The van der Waals surface area contributed by atoms with Crippen LogP contribution in [0.5, 0.6) is 0 Å². The van der Waals surface area contributed by atoms with E-state index in [1.54, 1.807) is 0 Å². The van der Waals surface area contributed by atoms with Crippen LogP contribution >= 0.6 is 0 Å². The van der Waals surface area contributed by atoms with Crippen LogP contribution in [0.15, 0.2) is 174 Å². The van der Waals surface area contributed by atoms with Crippen molar-refractivity contribution >= 4 is 65.3 Å². The van der Waals surface area contributed by atoms with Crippen LogP contribution in [-0.2, 0) is 5.41 Å². The molecule has 3 heteroatoms. The predicted octanol–water partition coefficient (Wildman–Crippen LogP) is 14.3. The Kier molecular flexibility index (Phi) is 6.40. The Labute approximate surface area is 323 Å². The number of hydrogen-bond acceptors (Lipinski definition) is 3. The summed E-state index contributed by atoms with van der Waals surface area (Å²) < 4.78 is 6.92. The van der Waals surface area contributed by atoms with Gasteiger partial charge in [0.2, 0.25) is 0 Å². The van der Waals surface area contributed by atoms with Crippen LogP contribution in [0.25, 0.3) is 110 Å². The van der Waals surface area contributed by atoms with Crippen molar-refractivity contribution in [1.29, 1.82) is 0 Å². The number of pyridine rings is 2. The van der Waals surface area contributed by atoms with Crippen LogP contribution in [0, 0.1) is 0 Å². The fourth-order valence-electron chi connectivity index (χ4n) is 9.65. The molecular weight excluding hydrogens is 681 g/mol. The second-order valence-corrected chi connectivity index (χ2v) is 15.7. The molecule has 12 rings (SSSR count). The standard InChI is InChI=1S/C53H34N2O/c1-53(2)42-22-12-10-20-39(42)49-43(53)29-41(48-40-21-11-13-23-45(40)56-52(48)49)46-35-16-6-8-18-37(35)47(38-19-9-7-17-36(38)46)44-27-26-32-24-25-33-28-34(31-14-4-3-5-15-31)30-54-50(33)51(32)55-44/h3-30H,1-2H3. The van der Waals surface area contributed by atoms with Gasteiger partial charge in [0, 0.05) is 49.8 Å². The van der Waals surface area contributed by atoms with E-state index in [1.807, 2.05) is 12.3 Å². The number of para-hydroxylation sites is 1. The molecule has 3 nitrogen and oxygen atoms in total. The minimum absolute atomic E-state index is 0.201. The van der Waals surface area contributed by atoms with Gasteiger partial charge in [0.1, 0.15) is 11.2 Å². The third-order valence-electron chi connectivity index (χ3n) is 12.3. The highest BCUT2D eigenvalue weighted by Gasteiger charge is 2.39. The van der Waals surface area contributed by atoms with E-state index in [0.29, 0.717) is 0 Å². The largest absolute Gasteiger partial charge is 0.455 e. The Morgan fingerprint density at radius 1 is 0.464 bits per heavy atom. The molecule has 11 aromatic rings. The number of hydrogen-bond donors (Lipinski definition) is 0. The second-order valence-electron chi connectivity index (χ2n) is 15.7. The van der Waals surface area contributed by atoms with E-state index in [0.717, 1.165) is 76.9 Å². The first-order valence-corrected chi connectivity index (χ1v) is 19.3. The van der Waals surface area contributed by atoms with Crippen molar-refractivity contribution < 1.29 is 4.42 Å². The number of benzene rings is 8. The summed E-state index contributed by atoms with van der Waals surface area (Å²) in [6, 6.07) is 58.9. The molecule has 1 aliphatic carbocycles. The van der Waals surface area contributed by atoms with Crippen molar-refractivity contribution in [2.24, 2.45) is 0 Å². The van der Waals surface area contributed by atoms with Gasteiger partial charge in [-0.1, -0.05) is 153 Å². The number of fused-ring (bicyclic) bond motifs is 12. The lowest BCUT2D eigenvalue weighted by Crippen LogP contribution is -2.15. The summed E-state index contributed by atoms with van der Waals surface area (Å²) in [5.74, 6) is 0. The molecule has 0 spiro atoms. The van der Waals surface area contributed by atoms with Crippen molar-refractivity contribution in [2.45, 2.75) is 19.3 Å². The quantitative estimate of drug-likeness (QED) is 0.135. The van der Waals surface area contributed by atoms with Crippen molar-refractivity contribution in [3.05, 3.63) is 181 Å². The maximum absolute atomic E-state index is 6.92. The lowest BCUT2D eigenvalue weighted by molar-refractivity contribution is 0.653. The average Bonchev–Trinajstić information content (AvgIpc) is 3.75. The van der Waals surface area contributed by atoms with Crippen LogP contribution in [-0.4, -0.2) is 9.97 Å². The summed E-state index contributed by atoms with van der Waals surface area (Å²) in [7, 11) is 0. The van der Waals surface area contributed by atoms with Crippen LogP contribution in [0.3, 0.4) is 0 Å². The van der Waals surface area contributed by atoms with Crippen molar-refractivity contribution in [3.63, 3.8) is 0 Å². The van der Waals surface area contributed by atoms with Gasteiger partial charge in [-0.3, -0.25) is 4.98 Å². The molecule has 0 bridgehead atoms. The van der Waals surface area contributed by atoms with E-state index in [4.69, 9.17) is 14.4 Å². The fourth-order valence-corrected chi connectivity index (χ4v) is 9.65. The zero-order valence-corrected chi connectivity index (χ0v) is 31.0. The first-order valence-electron chi connectivity index (χ1n) is 19.3. The molecule has 0 N–H and O–H groups in total. The minimum Gasteiger partial charge on any atom is -0.455 e. The Balaban J connectivity index is 1.16. The molecule has 0 saturated carbocycles. The summed E-state index contributed by atoms with van der Waals surface area (Å²) in [6.45, 7) is 4.70. The lowest BCUT2D eigenvalue weighted by Gasteiger charge is -2.23. The maximum atomic E-state index is 6.92. The second kappa shape index (κ2) is 11.5. The summed E-state index contributed by atoms with van der Waals surface area (Å²) in [5, 5.41) is 9.14. The third kappa shape index (κ3) is 4.28. The molecule has 1 aliphatic rings. The van der Waals surface area contributed by atoms with Gasteiger partial charge in [0.25, 0.3) is 0 Å². The van der Waals surface area contributed by atoms with Gasteiger partial charge in [0.05, 0.1) is 16.7 Å². The highest BCUT2D eigenvalue weighted by atomic mass is 16.3. The van der Waals surface area contributed by atoms with Crippen LogP contribution in [0.2, 0.25) is 0 Å². The molecule has 0 fully saturated rings. The number of rotatable bonds is 3. The smallest absolute Gasteiger partial charge is 0.144 e.